The quantitative estimate of drug-likeness (QED) is 0.729. The van der Waals surface area contributed by atoms with E-state index in [2.05, 4.69) is 5.32 Å². The highest BCUT2D eigenvalue weighted by molar-refractivity contribution is 6.31. The Labute approximate surface area is 144 Å². The van der Waals surface area contributed by atoms with Gasteiger partial charge in [-0.15, -0.1) is 0 Å². The lowest BCUT2D eigenvalue weighted by Gasteiger charge is -2.05. The molecule has 0 bridgehead atoms. The molecule has 1 amide bonds. The molecule has 0 radical (unpaired) electrons. The minimum Gasteiger partial charge on any atom is -0.451 e. The van der Waals surface area contributed by atoms with Gasteiger partial charge in [0.25, 0.3) is 5.91 Å². The number of aryl methyl sites for hydroxylation is 1. The number of hydrogen-bond donors (Lipinski definition) is 1. The molecule has 3 aromatic rings. The van der Waals surface area contributed by atoms with E-state index >= 15 is 0 Å². The van der Waals surface area contributed by atoms with Crippen molar-refractivity contribution in [3.8, 4) is 17.4 Å². The number of hydrogen-bond acceptors (Lipinski definition) is 3. The molecule has 1 N–H and O–H groups in total. The third-order valence-corrected chi connectivity index (χ3v) is 3.99. The van der Waals surface area contributed by atoms with Crippen molar-refractivity contribution in [3.63, 3.8) is 0 Å². The highest BCUT2D eigenvalue weighted by Gasteiger charge is 2.14. The molecule has 0 fully saturated rings. The lowest BCUT2D eigenvalue weighted by Crippen LogP contribution is -2.11. The molecule has 0 aliphatic rings. The van der Waals surface area contributed by atoms with Crippen molar-refractivity contribution in [1.82, 2.24) is 0 Å². The van der Waals surface area contributed by atoms with Gasteiger partial charge >= 0.3 is 0 Å². The second-order valence-corrected chi connectivity index (χ2v) is 5.65. The minimum absolute atomic E-state index is 0.162. The average Bonchev–Trinajstić information content (AvgIpc) is 3.08. The van der Waals surface area contributed by atoms with Gasteiger partial charge in [-0.25, -0.2) is 0 Å². The van der Waals surface area contributed by atoms with E-state index in [1.165, 1.54) is 0 Å². The van der Waals surface area contributed by atoms with Gasteiger partial charge in [-0.2, -0.15) is 5.26 Å². The Balaban J connectivity index is 1.84. The zero-order chi connectivity index (χ0) is 17.1. The smallest absolute Gasteiger partial charge is 0.291 e. The molecule has 0 atom stereocenters. The zero-order valence-corrected chi connectivity index (χ0v) is 13.6. The second kappa shape index (κ2) is 6.61. The Morgan fingerprint density at radius 2 is 1.96 bits per heavy atom. The number of amides is 1. The fourth-order valence-electron chi connectivity index (χ4n) is 2.23. The number of nitrogens with one attached hydrogen (secondary N) is 1. The van der Waals surface area contributed by atoms with Gasteiger partial charge in [-0.1, -0.05) is 35.9 Å². The Bertz CT molecular complexity index is 954. The monoisotopic (exact) mass is 336 g/mol. The van der Waals surface area contributed by atoms with Gasteiger partial charge in [-0.3, -0.25) is 4.79 Å². The Morgan fingerprint density at radius 1 is 1.17 bits per heavy atom. The number of nitrogens with zero attached hydrogens (tertiary/aromatic N) is 1. The summed E-state index contributed by atoms with van der Waals surface area (Å²) in [7, 11) is 0. The van der Waals surface area contributed by atoms with Crippen LogP contribution < -0.4 is 5.32 Å². The number of para-hydroxylation sites is 1. The van der Waals surface area contributed by atoms with Crippen LogP contribution in [0, 0.1) is 18.3 Å². The van der Waals surface area contributed by atoms with Crippen LogP contribution in [0.4, 0.5) is 5.69 Å². The first-order chi connectivity index (χ1) is 11.6. The van der Waals surface area contributed by atoms with Gasteiger partial charge < -0.3 is 9.73 Å². The van der Waals surface area contributed by atoms with Crippen LogP contribution >= 0.6 is 11.6 Å². The topological polar surface area (TPSA) is 66.0 Å². The van der Waals surface area contributed by atoms with Crippen molar-refractivity contribution >= 4 is 23.2 Å². The van der Waals surface area contributed by atoms with Crippen LogP contribution in [0.3, 0.4) is 0 Å². The van der Waals surface area contributed by atoms with Gasteiger partial charge in [0.15, 0.2) is 5.76 Å². The van der Waals surface area contributed by atoms with Crippen LogP contribution in [0.5, 0.6) is 0 Å². The summed E-state index contributed by atoms with van der Waals surface area (Å²) in [6.45, 7) is 1.92. The van der Waals surface area contributed by atoms with Gasteiger partial charge in [0, 0.05) is 10.6 Å². The molecular formula is C19H13ClN2O2. The number of rotatable bonds is 3. The molecule has 1 heterocycles. The first-order valence-corrected chi connectivity index (χ1v) is 7.63. The maximum atomic E-state index is 12.3. The molecule has 118 valence electrons. The van der Waals surface area contributed by atoms with Crippen LogP contribution in [0.25, 0.3) is 11.3 Å². The fraction of sp³-hybridized carbons (Fsp3) is 0.0526. The van der Waals surface area contributed by atoms with E-state index in [0.29, 0.717) is 22.0 Å². The molecule has 5 heteroatoms. The second-order valence-electron chi connectivity index (χ2n) is 5.24. The van der Waals surface area contributed by atoms with E-state index in [4.69, 9.17) is 21.3 Å². The van der Waals surface area contributed by atoms with E-state index < -0.39 is 5.91 Å². The molecule has 0 aliphatic heterocycles. The Hall–Kier alpha value is -3.03. The Morgan fingerprint density at radius 3 is 2.71 bits per heavy atom. The van der Waals surface area contributed by atoms with E-state index in [9.17, 15) is 4.79 Å². The number of carbonyl (C=O) groups is 1. The summed E-state index contributed by atoms with van der Waals surface area (Å²) in [6.07, 6.45) is 0. The maximum absolute atomic E-state index is 12.3. The molecule has 1 aromatic heterocycles. The molecule has 2 aromatic carbocycles. The lowest BCUT2D eigenvalue weighted by atomic mass is 10.1. The number of furan rings is 1. The van der Waals surface area contributed by atoms with Gasteiger partial charge in [0.1, 0.15) is 11.8 Å². The van der Waals surface area contributed by atoms with Crippen LogP contribution in [-0.2, 0) is 0 Å². The van der Waals surface area contributed by atoms with Crippen LogP contribution in [0.2, 0.25) is 5.02 Å². The molecular weight excluding hydrogens is 324 g/mol. The van der Waals surface area contributed by atoms with E-state index in [0.717, 1.165) is 11.1 Å². The predicted molar refractivity (Wildman–Crippen MR) is 93.0 cm³/mol. The third-order valence-electron chi connectivity index (χ3n) is 3.58. The van der Waals surface area contributed by atoms with Gasteiger partial charge in [0.05, 0.1) is 11.3 Å². The van der Waals surface area contributed by atoms with Crippen molar-refractivity contribution in [2.45, 2.75) is 6.92 Å². The van der Waals surface area contributed by atoms with E-state index in [1.54, 1.807) is 42.5 Å². The molecule has 24 heavy (non-hydrogen) atoms. The predicted octanol–water partition coefficient (Wildman–Crippen LogP) is 5.03. The number of nitriles is 1. The first-order valence-electron chi connectivity index (χ1n) is 7.25. The maximum Gasteiger partial charge on any atom is 0.291 e. The summed E-state index contributed by atoms with van der Waals surface area (Å²) in [4.78, 5) is 12.3. The molecule has 4 nitrogen and oxygen atoms in total. The molecule has 0 saturated heterocycles. The number of carbonyl (C=O) groups excluding carboxylic acids is 1. The molecule has 3 rings (SSSR count). The largest absolute Gasteiger partial charge is 0.451 e. The summed E-state index contributed by atoms with van der Waals surface area (Å²) >= 11 is 6.12. The normalized spacial score (nSPS) is 10.2. The van der Waals surface area contributed by atoms with Crippen molar-refractivity contribution in [2.75, 3.05) is 5.32 Å². The lowest BCUT2D eigenvalue weighted by molar-refractivity contribution is 0.0997. The number of halogens is 1. The molecule has 0 saturated carbocycles. The van der Waals surface area contributed by atoms with Crippen LogP contribution in [0.1, 0.15) is 21.7 Å². The van der Waals surface area contributed by atoms with Crippen molar-refractivity contribution in [1.29, 1.82) is 5.26 Å². The highest BCUT2D eigenvalue weighted by Crippen LogP contribution is 2.27. The summed E-state index contributed by atoms with van der Waals surface area (Å²) in [5.41, 5.74) is 2.60. The zero-order valence-electron chi connectivity index (χ0n) is 12.8. The van der Waals surface area contributed by atoms with E-state index in [1.807, 2.05) is 25.1 Å². The third kappa shape index (κ3) is 3.17. The number of anilines is 1. The molecule has 0 aliphatic carbocycles. The highest BCUT2D eigenvalue weighted by atomic mass is 35.5. The average molecular weight is 337 g/mol. The van der Waals surface area contributed by atoms with Gasteiger partial charge in [-0.05, 0) is 42.8 Å². The van der Waals surface area contributed by atoms with Crippen LogP contribution in [0.15, 0.2) is 59.0 Å². The van der Waals surface area contributed by atoms with Crippen molar-refractivity contribution in [3.05, 3.63) is 76.5 Å². The SMILES string of the molecule is Cc1ccc(-c2ccc(C(=O)Nc3ccccc3C#N)o2)cc1Cl. The van der Waals surface area contributed by atoms with Crippen molar-refractivity contribution < 1.29 is 9.21 Å². The summed E-state index contributed by atoms with van der Waals surface area (Å²) in [5, 5.41) is 12.4. The minimum atomic E-state index is -0.415. The summed E-state index contributed by atoms with van der Waals surface area (Å²) in [6, 6.07) is 17.7. The standard InChI is InChI=1S/C19H13ClN2O2/c1-12-6-7-13(10-15(12)20)17-8-9-18(24-17)19(23)22-16-5-3-2-4-14(16)11-21/h2-10H,1H3,(H,22,23). The van der Waals surface area contributed by atoms with E-state index in [-0.39, 0.29) is 5.76 Å². The van der Waals surface area contributed by atoms with Crippen LogP contribution in [-0.4, -0.2) is 5.91 Å². The number of benzene rings is 2. The fourth-order valence-corrected chi connectivity index (χ4v) is 2.42. The molecule has 0 spiro atoms. The van der Waals surface area contributed by atoms with Gasteiger partial charge in [0.2, 0.25) is 0 Å². The first kappa shape index (κ1) is 15.9. The molecule has 0 unspecified atom stereocenters. The Kier molecular flexibility index (Phi) is 4.37. The summed E-state index contributed by atoms with van der Waals surface area (Å²) in [5.74, 6) is 0.298. The van der Waals surface area contributed by atoms with Crippen molar-refractivity contribution in [2.24, 2.45) is 0 Å². The summed E-state index contributed by atoms with van der Waals surface area (Å²) < 4.78 is 5.62.